The highest BCUT2D eigenvalue weighted by atomic mass is 16.5. The summed E-state index contributed by atoms with van der Waals surface area (Å²) in [4.78, 5) is 0. The third kappa shape index (κ3) is 1.78. The largest absolute Gasteiger partial charge is 0.359 e. The zero-order valence-corrected chi connectivity index (χ0v) is 8.95. The molecule has 1 aromatic carbocycles. The van der Waals surface area contributed by atoms with Crippen LogP contribution in [0.15, 0.2) is 28.8 Å². The molecule has 0 fully saturated rings. The van der Waals surface area contributed by atoms with Crippen molar-refractivity contribution in [3.05, 3.63) is 41.2 Å². The summed E-state index contributed by atoms with van der Waals surface area (Å²) in [6, 6.07) is 8.08. The van der Waals surface area contributed by atoms with Crippen molar-refractivity contribution in [2.75, 3.05) is 0 Å². The Labute approximate surface area is 88.9 Å². The number of hydrogen-bond acceptors (Lipinski definition) is 3. The van der Waals surface area contributed by atoms with Crippen molar-refractivity contribution >= 4 is 0 Å². The van der Waals surface area contributed by atoms with Gasteiger partial charge in [0.15, 0.2) is 5.76 Å². The second-order valence-corrected chi connectivity index (χ2v) is 3.65. The molecule has 15 heavy (non-hydrogen) atoms. The van der Waals surface area contributed by atoms with Crippen LogP contribution >= 0.6 is 0 Å². The topological polar surface area (TPSA) is 52.0 Å². The van der Waals surface area contributed by atoms with Crippen LogP contribution in [0.2, 0.25) is 0 Å². The van der Waals surface area contributed by atoms with Crippen molar-refractivity contribution in [2.45, 2.75) is 20.4 Å². The number of rotatable bonds is 2. The van der Waals surface area contributed by atoms with Crippen LogP contribution in [0, 0.1) is 13.8 Å². The van der Waals surface area contributed by atoms with Gasteiger partial charge in [-0.3, -0.25) is 0 Å². The molecule has 0 aliphatic heterocycles. The Morgan fingerprint density at radius 3 is 2.47 bits per heavy atom. The molecule has 0 bridgehead atoms. The first kappa shape index (κ1) is 9.93. The molecule has 0 unspecified atom stereocenters. The molecule has 78 valence electrons. The number of nitrogens with two attached hydrogens (primary N) is 1. The zero-order chi connectivity index (χ0) is 10.8. The SMILES string of the molecule is Cc1cccc(C)c1-c1cc(CN)on1. The lowest BCUT2D eigenvalue weighted by molar-refractivity contribution is 0.387. The highest BCUT2D eigenvalue weighted by molar-refractivity contribution is 5.67. The lowest BCUT2D eigenvalue weighted by atomic mass is 10.0. The zero-order valence-electron chi connectivity index (χ0n) is 8.95. The van der Waals surface area contributed by atoms with Gasteiger partial charge in [-0.25, -0.2) is 0 Å². The Bertz CT molecular complexity index is 454. The molecular formula is C12H14N2O. The van der Waals surface area contributed by atoms with E-state index in [4.69, 9.17) is 10.3 Å². The molecule has 0 aliphatic rings. The fourth-order valence-corrected chi connectivity index (χ4v) is 1.75. The maximum atomic E-state index is 5.48. The van der Waals surface area contributed by atoms with Gasteiger partial charge < -0.3 is 10.3 Å². The molecule has 0 radical (unpaired) electrons. The maximum Gasteiger partial charge on any atom is 0.150 e. The number of hydrogen-bond donors (Lipinski definition) is 1. The van der Waals surface area contributed by atoms with Crippen molar-refractivity contribution in [1.82, 2.24) is 5.16 Å². The summed E-state index contributed by atoms with van der Waals surface area (Å²) < 4.78 is 5.10. The van der Waals surface area contributed by atoms with E-state index in [-0.39, 0.29) is 0 Å². The van der Waals surface area contributed by atoms with Crippen LogP contribution in [0.1, 0.15) is 16.9 Å². The Kier molecular flexibility index (Phi) is 2.56. The van der Waals surface area contributed by atoms with E-state index in [0.29, 0.717) is 12.3 Å². The monoisotopic (exact) mass is 202 g/mol. The van der Waals surface area contributed by atoms with Crippen LogP contribution in [-0.4, -0.2) is 5.16 Å². The van der Waals surface area contributed by atoms with Crippen molar-refractivity contribution in [3.63, 3.8) is 0 Å². The van der Waals surface area contributed by atoms with Crippen LogP contribution in [0.4, 0.5) is 0 Å². The summed E-state index contributed by atoms with van der Waals surface area (Å²) in [7, 11) is 0. The predicted octanol–water partition coefficient (Wildman–Crippen LogP) is 2.42. The van der Waals surface area contributed by atoms with Crippen molar-refractivity contribution in [1.29, 1.82) is 0 Å². The minimum atomic E-state index is 0.387. The normalized spacial score (nSPS) is 10.6. The molecule has 0 atom stereocenters. The lowest BCUT2D eigenvalue weighted by Gasteiger charge is -2.04. The van der Waals surface area contributed by atoms with E-state index in [0.717, 1.165) is 11.3 Å². The number of aromatic nitrogens is 1. The molecular weight excluding hydrogens is 188 g/mol. The second-order valence-electron chi connectivity index (χ2n) is 3.65. The summed E-state index contributed by atoms with van der Waals surface area (Å²) in [5.41, 5.74) is 9.89. The minimum absolute atomic E-state index is 0.387. The standard InChI is InChI=1S/C12H14N2O/c1-8-4-3-5-9(2)12(8)11-6-10(7-13)15-14-11/h3-6H,7,13H2,1-2H3. The first-order chi connectivity index (χ1) is 7.22. The number of benzene rings is 1. The van der Waals surface area contributed by atoms with Gasteiger partial charge in [0, 0.05) is 11.6 Å². The van der Waals surface area contributed by atoms with Gasteiger partial charge in [0.25, 0.3) is 0 Å². The fourth-order valence-electron chi connectivity index (χ4n) is 1.75. The first-order valence-corrected chi connectivity index (χ1v) is 4.94. The molecule has 0 saturated heterocycles. The Balaban J connectivity index is 2.53. The fraction of sp³-hybridized carbons (Fsp3) is 0.250. The molecule has 2 N–H and O–H groups in total. The number of nitrogens with zero attached hydrogens (tertiary/aromatic N) is 1. The van der Waals surface area contributed by atoms with Crippen molar-refractivity contribution < 1.29 is 4.52 Å². The van der Waals surface area contributed by atoms with E-state index >= 15 is 0 Å². The van der Waals surface area contributed by atoms with E-state index < -0.39 is 0 Å². The summed E-state index contributed by atoms with van der Waals surface area (Å²) in [6.07, 6.45) is 0. The van der Waals surface area contributed by atoms with Gasteiger partial charge >= 0.3 is 0 Å². The Morgan fingerprint density at radius 2 is 1.93 bits per heavy atom. The van der Waals surface area contributed by atoms with Gasteiger partial charge in [-0.15, -0.1) is 0 Å². The molecule has 3 heteroatoms. The molecule has 0 spiro atoms. The van der Waals surface area contributed by atoms with Crippen molar-refractivity contribution in [2.24, 2.45) is 5.73 Å². The molecule has 2 rings (SSSR count). The van der Waals surface area contributed by atoms with Gasteiger partial charge in [-0.2, -0.15) is 0 Å². The third-order valence-corrected chi connectivity index (χ3v) is 2.50. The Morgan fingerprint density at radius 1 is 1.27 bits per heavy atom. The number of aryl methyl sites for hydroxylation is 2. The molecule has 1 aromatic heterocycles. The second kappa shape index (κ2) is 3.87. The molecule has 3 nitrogen and oxygen atoms in total. The smallest absolute Gasteiger partial charge is 0.150 e. The highest BCUT2D eigenvalue weighted by Crippen LogP contribution is 2.26. The van der Waals surface area contributed by atoms with Gasteiger partial charge in [0.1, 0.15) is 5.69 Å². The maximum absolute atomic E-state index is 5.48. The van der Waals surface area contributed by atoms with E-state index in [9.17, 15) is 0 Å². The van der Waals surface area contributed by atoms with E-state index in [2.05, 4.69) is 31.1 Å². The summed E-state index contributed by atoms with van der Waals surface area (Å²) >= 11 is 0. The van der Waals surface area contributed by atoms with Gasteiger partial charge in [0.2, 0.25) is 0 Å². The predicted molar refractivity (Wildman–Crippen MR) is 59.3 cm³/mol. The molecule has 0 amide bonds. The summed E-state index contributed by atoms with van der Waals surface area (Å²) in [5.74, 6) is 0.715. The lowest BCUT2D eigenvalue weighted by Crippen LogP contribution is -1.92. The Hall–Kier alpha value is -1.61. The van der Waals surface area contributed by atoms with Crippen LogP contribution in [0.25, 0.3) is 11.3 Å². The minimum Gasteiger partial charge on any atom is -0.359 e. The van der Waals surface area contributed by atoms with Gasteiger partial charge in [-0.1, -0.05) is 23.4 Å². The van der Waals surface area contributed by atoms with Crippen molar-refractivity contribution in [3.8, 4) is 11.3 Å². The first-order valence-electron chi connectivity index (χ1n) is 4.94. The molecule has 0 aliphatic carbocycles. The van der Waals surface area contributed by atoms with Gasteiger partial charge in [0.05, 0.1) is 6.54 Å². The third-order valence-electron chi connectivity index (χ3n) is 2.50. The van der Waals surface area contributed by atoms with Crippen LogP contribution in [-0.2, 0) is 6.54 Å². The summed E-state index contributed by atoms with van der Waals surface area (Å²) in [5, 5.41) is 4.02. The van der Waals surface area contributed by atoms with Crippen LogP contribution in [0.3, 0.4) is 0 Å². The molecule has 1 heterocycles. The van der Waals surface area contributed by atoms with Gasteiger partial charge in [-0.05, 0) is 25.0 Å². The van der Waals surface area contributed by atoms with E-state index in [1.54, 1.807) is 0 Å². The van der Waals surface area contributed by atoms with E-state index in [1.807, 2.05) is 12.1 Å². The highest BCUT2D eigenvalue weighted by Gasteiger charge is 2.09. The average Bonchev–Trinajstić information content (AvgIpc) is 2.66. The summed E-state index contributed by atoms with van der Waals surface area (Å²) in [6.45, 7) is 4.52. The quantitative estimate of drug-likeness (QED) is 0.813. The average molecular weight is 202 g/mol. The van der Waals surface area contributed by atoms with Crippen LogP contribution in [0.5, 0.6) is 0 Å². The molecule has 0 saturated carbocycles. The molecule has 2 aromatic rings. The van der Waals surface area contributed by atoms with Crippen LogP contribution < -0.4 is 5.73 Å². The van der Waals surface area contributed by atoms with E-state index in [1.165, 1.54) is 11.1 Å².